The first-order valence-corrected chi connectivity index (χ1v) is 9.18. The van der Waals surface area contributed by atoms with Crippen molar-refractivity contribution in [2.45, 2.75) is 64.8 Å². The number of fused-ring (bicyclic) bond motifs is 1. The van der Waals surface area contributed by atoms with E-state index < -0.39 is 0 Å². The summed E-state index contributed by atoms with van der Waals surface area (Å²) < 4.78 is 1.67. The molecule has 4 heteroatoms. The molecule has 25 heavy (non-hydrogen) atoms. The smallest absolute Gasteiger partial charge is 0.272 e. The van der Waals surface area contributed by atoms with Gasteiger partial charge in [0.1, 0.15) is 17.5 Å². The Hall–Kier alpha value is -2.41. The fraction of sp³-hybridized carbons (Fsp3) is 0.476. The highest BCUT2D eigenvalue weighted by Gasteiger charge is 2.23. The number of nitrogens with zero attached hydrogens (tertiary/aromatic N) is 3. The van der Waals surface area contributed by atoms with Crippen LogP contribution in [0.25, 0.3) is 11.3 Å². The molecule has 130 valence electrons. The molecule has 4 nitrogen and oxygen atoms in total. The van der Waals surface area contributed by atoms with Crippen LogP contribution in [0.5, 0.6) is 0 Å². The topological polar surface area (TPSA) is 58.7 Å². The molecule has 0 bridgehead atoms. The fourth-order valence-corrected chi connectivity index (χ4v) is 3.57. The van der Waals surface area contributed by atoms with Crippen LogP contribution in [0.4, 0.5) is 0 Å². The minimum Gasteiger partial charge on any atom is -0.296 e. The van der Waals surface area contributed by atoms with E-state index >= 15 is 0 Å². The maximum Gasteiger partial charge on any atom is 0.272 e. The number of aromatic nitrogens is 2. The molecule has 1 aromatic heterocycles. The molecular weight excluding hydrogens is 310 g/mol. The molecule has 0 aliphatic carbocycles. The molecule has 1 aliphatic heterocycles. The third-order valence-corrected chi connectivity index (χ3v) is 5.81. The second kappa shape index (κ2) is 6.84. The van der Waals surface area contributed by atoms with Gasteiger partial charge in [0.2, 0.25) is 0 Å². The van der Waals surface area contributed by atoms with Crippen LogP contribution >= 0.6 is 0 Å². The predicted octanol–water partition coefficient (Wildman–Crippen LogP) is 4.20. The third kappa shape index (κ3) is 3.00. The highest BCUT2D eigenvalue weighted by molar-refractivity contribution is 5.66. The standard InChI is InChI=1S/C21H25N3O/c1-4-21(3,5-2)16-11-9-15(10-12-16)19-17(14-22)20(25)24-13-7-6-8-18(24)23-19/h9-12H,4-8,13H2,1-3H3. The summed E-state index contributed by atoms with van der Waals surface area (Å²) in [6.45, 7) is 7.35. The zero-order chi connectivity index (χ0) is 18.0. The zero-order valence-corrected chi connectivity index (χ0v) is 15.3. The summed E-state index contributed by atoms with van der Waals surface area (Å²) in [5, 5.41) is 9.52. The van der Waals surface area contributed by atoms with Crippen molar-refractivity contribution < 1.29 is 0 Å². The van der Waals surface area contributed by atoms with Crippen LogP contribution in [0.1, 0.15) is 63.4 Å². The summed E-state index contributed by atoms with van der Waals surface area (Å²) in [7, 11) is 0. The van der Waals surface area contributed by atoms with Gasteiger partial charge in [0.05, 0.1) is 5.69 Å². The van der Waals surface area contributed by atoms with Crippen molar-refractivity contribution in [3.05, 3.63) is 51.6 Å². The van der Waals surface area contributed by atoms with Gasteiger partial charge in [-0.1, -0.05) is 45.0 Å². The molecule has 0 radical (unpaired) electrons. The maximum atomic E-state index is 12.7. The van der Waals surface area contributed by atoms with Gasteiger partial charge in [-0.05, 0) is 36.7 Å². The number of aryl methyl sites for hydroxylation is 1. The molecule has 0 unspecified atom stereocenters. The minimum atomic E-state index is -0.196. The van der Waals surface area contributed by atoms with Gasteiger partial charge in [0.25, 0.3) is 5.56 Å². The third-order valence-electron chi connectivity index (χ3n) is 5.81. The van der Waals surface area contributed by atoms with Crippen LogP contribution < -0.4 is 5.56 Å². The van der Waals surface area contributed by atoms with Crippen LogP contribution in [0.3, 0.4) is 0 Å². The molecule has 2 aromatic rings. The Morgan fingerprint density at radius 1 is 1.20 bits per heavy atom. The first kappa shape index (κ1) is 17.4. The summed E-state index contributed by atoms with van der Waals surface area (Å²) in [5.74, 6) is 0.807. The van der Waals surface area contributed by atoms with Gasteiger partial charge in [-0.3, -0.25) is 9.36 Å². The van der Waals surface area contributed by atoms with E-state index in [1.165, 1.54) is 5.56 Å². The normalized spacial score (nSPS) is 14.0. The molecule has 0 saturated carbocycles. The molecule has 0 N–H and O–H groups in total. The van der Waals surface area contributed by atoms with E-state index in [9.17, 15) is 10.1 Å². The van der Waals surface area contributed by atoms with E-state index in [0.29, 0.717) is 12.2 Å². The number of hydrogen-bond acceptors (Lipinski definition) is 3. The highest BCUT2D eigenvalue weighted by Crippen LogP contribution is 2.32. The average molecular weight is 335 g/mol. The van der Waals surface area contributed by atoms with Gasteiger partial charge in [-0.15, -0.1) is 0 Å². The molecule has 1 aromatic carbocycles. The molecule has 1 aliphatic rings. The first-order valence-electron chi connectivity index (χ1n) is 9.18. The Labute approximate surface area is 149 Å². The molecular formula is C21H25N3O. The van der Waals surface area contributed by atoms with E-state index in [4.69, 9.17) is 0 Å². The predicted molar refractivity (Wildman–Crippen MR) is 99.5 cm³/mol. The van der Waals surface area contributed by atoms with Crippen LogP contribution in [0, 0.1) is 11.3 Å². The van der Waals surface area contributed by atoms with Gasteiger partial charge in [0.15, 0.2) is 0 Å². The van der Waals surface area contributed by atoms with Crippen LogP contribution in [-0.2, 0) is 18.4 Å². The summed E-state index contributed by atoms with van der Waals surface area (Å²) in [4.78, 5) is 17.3. The second-order valence-electron chi connectivity index (χ2n) is 7.12. The molecule has 3 rings (SSSR count). The molecule has 0 saturated heterocycles. The number of hydrogen-bond donors (Lipinski definition) is 0. The Morgan fingerprint density at radius 3 is 2.48 bits per heavy atom. The molecule has 0 amide bonds. The largest absolute Gasteiger partial charge is 0.296 e. The summed E-state index contributed by atoms with van der Waals surface area (Å²) in [6, 6.07) is 10.3. The van der Waals surface area contributed by atoms with Crippen molar-refractivity contribution in [1.29, 1.82) is 5.26 Å². The molecule has 0 spiro atoms. The maximum absolute atomic E-state index is 12.7. The van der Waals surface area contributed by atoms with E-state index in [-0.39, 0.29) is 16.5 Å². The van der Waals surface area contributed by atoms with Gasteiger partial charge in [-0.2, -0.15) is 5.26 Å². The number of rotatable bonds is 4. The average Bonchev–Trinajstić information content (AvgIpc) is 2.67. The lowest BCUT2D eigenvalue weighted by atomic mass is 9.77. The van der Waals surface area contributed by atoms with Crippen molar-refractivity contribution in [3.63, 3.8) is 0 Å². The quantitative estimate of drug-likeness (QED) is 0.841. The molecule has 2 heterocycles. The SMILES string of the molecule is CCC(C)(CC)c1ccc(-c2nc3n(c(=O)c2C#N)CCCC3)cc1. The lowest BCUT2D eigenvalue weighted by Crippen LogP contribution is -2.30. The Balaban J connectivity index is 2.10. The zero-order valence-electron chi connectivity index (χ0n) is 15.3. The van der Waals surface area contributed by atoms with Crippen molar-refractivity contribution in [3.8, 4) is 17.3 Å². The minimum absolute atomic E-state index is 0.152. The van der Waals surface area contributed by atoms with E-state index in [1.807, 2.05) is 12.1 Å². The van der Waals surface area contributed by atoms with Gasteiger partial charge in [-0.25, -0.2) is 4.98 Å². The Morgan fingerprint density at radius 2 is 1.88 bits per heavy atom. The van der Waals surface area contributed by atoms with Crippen molar-refractivity contribution in [2.24, 2.45) is 0 Å². The van der Waals surface area contributed by atoms with E-state index in [0.717, 1.165) is 43.5 Å². The van der Waals surface area contributed by atoms with Gasteiger partial charge >= 0.3 is 0 Å². The lowest BCUT2D eigenvalue weighted by Gasteiger charge is -2.27. The molecule has 0 fully saturated rings. The van der Waals surface area contributed by atoms with Gasteiger partial charge in [0, 0.05) is 18.5 Å². The number of benzene rings is 1. The first-order chi connectivity index (χ1) is 12.0. The monoisotopic (exact) mass is 335 g/mol. The second-order valence-corrected chi connectivity index (χ2v) is 7.12. The summed E-state index contributed by atoms with van der Waals surface area (Å²) >= 11 is 0. The van der Waals surface area contributed by atoms with Crippen molar-refractivity contribution >= 4 is 0 Å². The van der Waals surface area contributed by atoms with Crippen LogP contribution in [0.2, 0.25) is 0 Å². The highest BCUT2D eigenvalue weighted by atomic mass is 16.1. The van der Waals surface area contributed by atoms with Crippen LogP contribution in [-0.4, -0.2) is 9.55 Å². The van der Waals surface area contributed by atoms with Gasteiger partial charge < -0.3 is 0 Å². The van der Waals surface area contributed by atoms with E-state index in [2.05, 4.69) is 44.0 Å². The Kier molecular flexibility index (Phi) is 4.76. The van der Waals surface area contributed by atoms with Crippen molar-refractivity contribution in [2.75, 3.05) is 0 Å². The summed E-state index contributed by atoms with van der Waals surface area (Å²) in [5.41, 5.74) is 2.78. The lowest BCUT2D eigenvalue weighted by molar-refractivity contribution is 0.439. The van der Waals surface area contributed by atoms with E-state index in [1.54, 1.807) is 4.57 Å². The fourth-order valence-electron chi connectivity index (χ4n) is 3.57. The van der Waals surface area contributed by atoms with Crippen molar-refractivity contribution in [1.82, 2.24) is 9.55 Å². The summed E-state index contributed by atoms with van der Waals surface area (Å²) in [6.07, 6.45) is 4.97. The molecule has 0 atom stereocenters. The Bertz CT molecular complexity index is 868. The number of nitriles is 1. The van der Waals surface area contributed by atoms with Crippen LogP contribution in [0.15, 0.2) is 29.1 Å².